The van der Waals surface area contributed by atoms with Crippen LogP contribution in [0.3, 0.4) is 0 Å². The molecule has 2 fully saturated rings. The van der Waals surface area contributed by atoms with E-state index in [0.29, 0.717) is 18.4 Å². The van der Waals surface area contributed by atoms with Crippen LogP contribution < -0.4 is 0 Å². The highest BCUT2D eigenvalue weighted by Crippen LogP contribution is 2.44. The molecule has 2 aliphatic heterocycles. The lowest BCUT2D eigenvalue weighted by atomic mass is 9.85. The molecule has 1 N–H and O–H groups in total. The van der Waals surface area contributed by atoms with E-state index in [1.165, 1.54) is 12.1 Å². The molecule has 3 rings (SSSR count). The fraction of sp³-hybridized carbons (Fsp3) is 0.533. The second kappa shape index (κ2) is 4.79. The monoisotopic (exact) mass is 309 g/mol. The van der Waals surface area contributed by atoms with Crippen molar-refractivity contribution in [1.29, 1.82) is 5.26 Å². The lowest BCUT2D eigenvalue weighted by molar-refractivity contribution is 0.0218. The quantitative estimate of drug-likeness (QED) is 0.902. The smallest absolute Gasteiger partial charge is 0.156 e. The maximum Gasteiger partial charge on any atom is 0.156 e. The van der Waals surface area contributed by atoms with Gasteiger partial charge in [-0.15, -0.1) is 0 Å². The Morgan fingerprint density at radius 1 is 1.33 bits per heavy atom. The van der Waals surface area contributed by atoms with Crippen molar-refractivity contribution in [3.63, 3.8) is 0 Å². The van der Waals surface area contributed by atoms with Gasteiger partial charge in [-0.1, -0.05) is 6.07 Å². The van der Waals surface area contributed by atoms with Crippen molar-refractivity contribution in [2.24, 2.45) is 0 Å². The molecule has 2 unspecified atom stereocenters. The molecule has 6 heteroatoms. The molecule has 1 aromatic carbocycles. The van der Waals surface area contributed by atoms with Gasteiger partial charge >= 0.3 is 0 Å². The van der Waals surface area contributed by atoms with Gasteiger partial charge in [0.2, 0.25) is 0 Å². The molecule has 112 valence electrons. The molecule has 0 radical (unpaired) electrons. The molecule has 21 heavy (non-hydrogen) atoms. The average Bonchev–Trinajstić information content (AvgIpc) is 2.61. The molecule has 0 amide bonds. The average molecular weight is 309 g/mol. The predicted octanol–water partition coefficient (Wildman–Crippen LogP) is 1.71. The largest absolute Gasteiger partial charge is 0.389 e. The van der Waals surface area contributed by atoms with Crippen LogP contribution in [-0.2, 0) is 16.3 Å². The first-order valence-corrected chi connectivity index (χ1v) is 8.59. The number of nitrogens with zero attached hydrogens (tertiary/aromatic N) is 1. The van der Waals surface area contributed by atoms with Crippen molar-refractivity contribution in [3.8, 4) is 6.07 Å². The van der Waals surface area contributed by atoms with Crippen LogP contribution in [0, 0.1) is 17.1 Å². The van der Waals surface area contributed by atoms with E-state index in [1.807, 2.05) is 6.07 Å². The standard InChI is InChI=1S/C15H16FNO3S/c16-12-2-1-10(11(5-12)9-17)6-15(18)7-13-3-4-14(8-15)21(13,19)20/h1-2,5,13-14,18H,3-4,6-8H2. The molecule has 0 aliphatic carbocycles. The summed E-state index contributed by atoms with van der Waals surface area (Å²) in [5.41, 5.74) is -0.357. The van der Waals surface area contributed by atoms with Gasteiger partial charge in [-0.2, -0.15) is 5.26 Å². The second-order valence-corrected chi connectivity index (χ2v) is 8.64. The topological polar surface area (TPSA) is 78.2 Å². The minimum Gasteiger partial charge on any atom is -0.389 e. The van der Waals surface area contributed by atoms with Gasteiger partial charge in [0.1, 0.15) is 5.82 Å². The van der Waals surface area contributed by atoms with E-state index in [9.17, 15) is 17.9 Å². The Kier molecular flexibility index (Phi) is 3.30. The van der Waals surface area contributed by atoms with Crippen molar-refractivity contribution in [2.75, 3.05) is 0 Å². The predicted molar refractivity (Wildman–Crippen MR) is 74.7 cm³/mol. The van der Waals surface area contributed by atoms with E-state index in [0.717, 1.165) is 6.07 Å². The first kappa shape index (κ1) is 14.5. The van der Waals surface area contributed by atoms with E-state index >= 15 is 0 Å². The van der Waals surface area contributed by atoms with Crippen LogP contribution >= 0.6 is 0 Å². The Morgan fingerprint density at radius 2 is 1.95 bits per heavy atom. The van der Waals surface area contributed by atoms with Crippen LogP contribution in [0.5, 0.6) is 0 Å². The minimum absolute atomic E-state index is 0.193. The Bertz CT molecular complexity index is 703. The number of sulfone groups is 1. The number of aliphatic hydroxyl groups is 1. The van der Waals surface area contributed by atoms with Crippen LogP contribution in [0.1, 0.15) is 36.8 Å². The zero-order chi connectivity index (χ0) is 15.3. The van der Waals surface area contributed by atoms with Crippen molar-refractivity contribution in [1.82, 2.24) is 0 Å². The van der Waals surface area contributed by atoms with Gasteiger partial charge in [-0.25, -0.2) is 12.8 Å². The summed E-state index contributed by atoms with van der Waals surface area (Å²) in [6.07, 6.45) is 1.80. The second-order valence-electron chi connectivity index (χ2n) is 6.13. The molecule has 0 aromatic heterocycles. The van der Waals surface area contributed by atoms with Crippen LogP contribution in [0.4, 0.5) is 4.39 Å². The molecule has 2 saturated heterocycles. The third-order valence-corrected chi connectivity index (χ3v) is 7.33. The summed E-state index contributed by atoms with van der Waals surface area (Å²) in [5.74, 6) is -0.492. The molecule has 2 aliphatic rings. The summed E-state index contributed by atoms with van der Waals surface area (Å²) in [5, 5.41) is 18.9. The van der Waals surface area contributed by atoms with Gasteiger partial charge in [0.25, 0.3) is 0 Å². The number of hydrogen-bond donors (Lipinski definition) is 1. The SMILES string of the molecule is N#Cc1cc(F)ccc1CC1(O)CC2CCC(C1)S2(=O)=O. The Labute approximate surface area is 123 Å². The molecule has 2 heterocycles. The number of rotatable bonds is 2. The minimum atomic E-state index is -3.10. The summed E-state index contributed by atoms with van der Waals surface area (Å²) < 4.78 is 37.3. The Balaban J connectivity index is 1.88. The number of fused-ring (bicyclic) bond motifs is 2. The third-order valence-electron chi connectivity index (χ3n) is 4.67. The lowest BCUT2D eigenvalue weighted by Gasteiger charge is -2.36. The highest BCUT2D eigenvalue weighted by atomic mass is 32.2. The van der Waals surface area contributed by atoms with Crippen molar-refractivity contribution < 1.29 is 17.9 Å². The van der Waals surface area contributed by atoms with Crippen molar-refractivity contribution >= 4 is 9.84 Å². The summed E-state index contributed by atoms with van der Waals surface area (Å²) in [6.45, 7) is 0. The number of hydrogen-bond acceptors (Lipinski definition) is 4. The normalized spacial score (nSPS) is 33.6. The fourth-order valence-corrected chi connectivity index (χ4v) is 6.20. The van der Waals surface area contributed by atoms with Gasteiger partial charge in [0, 0.05) is 6.42 Å². The molecule has 2 bridgehead atoms. The molecule has 0 saturated carbocycles. The highest BCUT2D eigenvalue weighted by Gasteiger charge is 2.52. The maximum absolute atomic E-state index is 13.2. The van der Waals surface area contributed by atoms with Crippen LogP contribution in [0.15, 0.2) is 18.2 Å². The van der Waals surface area contributed by atoms with Crippen LogP contribution in [-0.4, -0.2) is 29.6 Å². The van der Waals surface area contributed by atoms with E-state index < -0.39 is 31.8 Å². The van der Waals surface area contributed by atoms with Crippen LogP contribution in [0.2, 0.25) is 0 Å². The lowest BCUT2D eigenvalue weighted by Crippen LogP contribution is -2.46. The first-order chi connectivity index (χ1) is 9.84. The van der Waals surface area contributed by atoms with Crippen LogP contribution in [0.25, 0.3) is 0 Å². The molecule has 4 nitrogen and oxygen atoms in total. The number of halogens is 1. The Hall–Kier alpha value is -1.45. The molecule has 2 atom stereocenters. The van der Waals surface area contributed by atoms with Gasteiger partial charge in [0.05, 0.1) is 27.7 Å². The number of nitriles is 1. The molecular weight excluding hydrogens is 293 g/mol. The Morgan fingerprint density at radius 3 is 2.52 bits per heavy atom. The van der Waals surface area contributed by atoms with Gasteiger partial charge in [0.15, 0.2) is 9.84 Å². The van der Waals surface area contributed by atoms with E-state index in [2.05, 4.69) is 0 Å². The molecule has 1 aromatic rings. The fourth-order valence-electron chi connectivity index (χ4n) is 3.65. The summed E-state index contributed by atoms with van der Waals surface area (Å²) in [4.78, 5) is 0. The zero-order valence-electron chi connectivity index (χ0n) is 11.4. The van der Waals surface area contributed by atoms with Gasteiger partial charge < -0.3 is 5.11 Å². The van der Waals surface area contributed by atoms with Crippen molar-refractivity contribution in [2.45, 2.75) is 48.2 Å². The van der Waals surface area contributed by atoms with E-state index in [1.54, 1.807) is 0 Å². The summed E-state index contributed by atoms with van der Waals surface area (Å²) in [7, 11) is -3.10. The maximum atomic E-state index is 13.2. The van der Waals surface area contributed by atoms with Crippen molar-refractivity contribution in [3.05, 3.63) is 35.1 Å². The van der Waals surface area contributed by atoms with E-state index in [-0.39, 0.29) is 24.8 Å². The van der Waals surface area contributed by atoms with Gasteiger partial charge in [-0.05, 0) is 43.4 Å². The van der Waals surface area contributed by atoms with Gasteiger partial charge in [-0.3, -0.25) is 0 Å². The molecule has 0 spiro atoms. The summed E-state index contributed by atoms with van der Waals surface area (Å²) >= 11 is 0. The summed E-state index contributed by atoms with van der Waals surface area (Å²) in [6, 6.07) is 5.83. The zero-order valence-corrected chi connectivity index (χ0v) is 12.2. The third kappa shape index (κ3) is 2.45. The highest BCUT2D eigenvalue weighted by molar-refractivity contribution is 7.93. The first-order valence-electron chi connectivity index (χ1n) is 6.98. The number of benzene rings is 1. The molecular formula is C15H16FNO3S. The van der Waals surface area contributed by atoms with E-state index in [4.69, 9.17) is 5.26 Å².